The van der Waals surface area contributed by atoms with Gasteiger partial charge in [0.2, 0.25) is 0 Å². The van der Waals surface area contributed by atoms with Crippen molar-refractivity contribution in [3.8, 4) is 0 Å². The van der Waals surface area contributed by atoms with Gasteiger partial charge in [-0.05, 0) is 37.8 Å². The number of aldehydes is 2. The van der Waals surface area contributed by atoms with Crippen LogP contribution in [0.15, 0.2) is 24.3 Å². The zero-order chi connectivity index (χ0) is 19.6. The van der Waals surface area contributed by atoms with Gasteiger partial charge in [0.15, 0.2) is 0 Å². The average molecular weight is 365 g/mol. The highest BCUT2D eigenvalue weighted by Crippen LogP contribution is 2.09. The van der Waals surface area contributed by atoms with E-state index in [4.69, 9.17) is 0 Å². The predicted molar refractivity (Wildman–Crippen MR) is 116 cm³/mol. The molecule has 0 radical (unpaired) electrons. The van der Waals surface area contributed by atoms with Crippen LogP contribution in [0.4, 0.5) is 0 Å². The number of hydrogen-bond donors (Lipinski definition) is 0. The molecule has 0 spiro atoms. The van der Waals surface area contributed by atoms with Gasteiger partial charge in [-0.25, -0.2) is 0 Å². The molecule has 2 nitrogen and oxygen atoms in total. The molecule has 0 aromatic heterocycles. The largest absolute Gasteiger partial charge is 0.299 e. The highest BCUT2D eigenvalue weighted by atomic mass is 16.1. The average Bonchev–Trinajstić information content (AvgIpc) is 2.66. The van der Waals surface area contributed by atoms with Crippen molar-refractivity contribution in [2.24, 2.45) is 0 Å². The van der Waals surface area contributed by atoms with Crippen LogP contribution in [0.25, 0.3) is 0 Å². The summed E-state index contributed by atoms with van der Waals surface area (Å²) in [5, 5.41) is 0. The first kappa shape index (κ1) is 27.0. The second-order valence-corrected chi connectivity index (χ2v) is 6.95. The van der Waals surface area contributed by atoms with Crippen molar-refractivity contribution in [2.75, 3.05) is 0 Å². The maximum atomic E-state index is 9.93. The normalized spacial score (nSPS) is 10.8. The van der Waals surface area contributed by atoms with E-state index in [1.807, 2.05) is 12.2 Å². The molecule has 2 heteroatoms. The van der Waals surface area contributed by atoms with E-state index in [0.717, 1.165) is 25.4 Å². The molecule has 0 rings (SSSR count). The minimum Gasteiger partial charge on any atom is -0.299 e. The first-order valence-corrected chi connectivity index (χ1v) is 11.0. The smallest absolute Gasteiger partial charge is 0.142 e. The molecule has 0 saturated carbocycles. The Balaban J connectivity index is 0. The molecule has 0 aliphatic carbocycles. The van der Waals surface area contributed by atoms with Gasteiger partial charge >= 0.3 is 0 Å². The number of rotatable bonds is 18. The Morgan fingerprint density at radius 1 is 0.462 bits per heavy atom. The number of allylic oxidation sites excluding steroid dienone is 4. The fourth-order valence-electron chi connectivity index (χ4n) is 2.74. The number of unbranched alkanes of at least 4 members (excludes halogenated alkanes) is 14. The van der Waals surface area contributed by atoms with Gasteiger partial charge in [0.1, 0.15) is 12.6 Å². The molecule has 0 unspecified atom stereocenters. The second-order valence-electron chi connectivity index (χ2n) is 6.95. The fraction of sp³-hybridized carbons (Fsp3) is 0.750. The quantitative estimate of drug-likeness (QED) is 0.141. The molecular formula is C24H44O2. The van der Waals surface area contributed by atoms with Crippen LogP contribution in [0, 0.1) is 0 Å². The molecule has 0 amide bonds. The molecule has 0 bridgehead atoms. The Bertz CT molecular complexity index is 286. The number of carbonyl (C=O) groups excluding carboxylic acids is 2. The van der Waals surface area contributed by atoms with Crippen LogP contribution in [-0.2, 0) is 9.59 Å². The van der Waals surface area contributed by atoms with E-state index in [-0.39, 0.29) is 0 Å². The van der Waals surface area contributed by atoms with Gasteiger partial charge in [-0.15, -0.1) is 0 Å². The van der Waals surface area contributed by atoms with Crippen molar-refractivity contribution >= 4 is 12.6 Å². The van der Waals surface area contributed by atoms with Crippen molar-refractivity contribution in [1.29, 1.82) is 0 Å². The van der Waals surface area contributed by atoms with Crippen molar-refractivity contribution in [3.05, 3.63) is 24.3 Å². The summed E-state index contributed by atoms with van der Waals surface area (Å²) >= 11 is 0. The highest BCUT2D eigenvalue weighted by molar-refractivity contribution is 5.64. The summed E-state index contributed by atoms with van der Waals surface area (Å²) in [7, 11) is 0. The van der Waals surface area contributed by atoms with E-state index in [0.29, 0.717) is 0 Å². The third kappa shape index (κ3) is 30.7. The zero-order valence-corrected chi connectivity index (χ0v) is 17.6. The third-order valence-corrected chi connectivity index (χ3v) is 4.38. The maximum Gasteiger partial charge on any atom is 0.142 e. The first-order chi connectivity index (χ1) is 12.8. The minimum absolute atomic E-state index is 0.848. The van der Waals surface area contributed by atoms with Crippen LogP contribution in [-0.4, -0.2) is 12.6 Å². The van der Waals surface area contributed by atoms with E-state index in [9.17, 15) is 9.59 Å². The molecule has 0 aromatic carbocycles. The van der Waals surface area contributed by atoms with E-state index in [1.165, 1.54) is 89.9 Å². The first-order valence-electron chi connectivity index (χ1n) is 11.0. The van der Waals surface area contributed by atoms with Crippen molar-refractivity contribution in [3.63, 3.8) is 0 Å². The summed E-state index contributed by atoms with van der Waals surface area (Å²) in [6, 6.07) is 0. The lowest BCUT2D eigenvalue weighted by Gasteiger charge is -1.98. The fourth-order valence-corrected chi connectivity index (χ4v) is 2.74. The summed E-state index contributed by atoms with van der Waals surface area (Å²) in [6.07, 6.45) is 29.7. The summed E-state index contributed by atoms with van der Waals surface area (Å²) in [5.41, 5.74) is 0. The molecule has 0 aromatic rings. The van der Waals surface area contributed by atoms with Crippen LogP contribution >= 0.6 is 0 Å². The van der Waals surface area contributed by atoms with Crippen LogP contribution in [0.5, 0.6) is 0 Å². The Hall–Kier alpha value is -1.18. The third-order valence-electron chi connectivity index (χ3n) is 4.38. The topological polar surface area (TPSA) is 34.1 Å². The predicted octanol–water partition coefficient (Wildman–Crippen LogP) is 7.76. The van der Waals surface area contributed by atoms with Crippen LogP contribution in [0.1, 0.15) is 117 Å². The lowest BCUT2D eigenvalue weighted by Crippen LogP contribution is -1.78. The highest BCUT2D eigenvalue weighted by Gasteiger charge is 1.89. The summed E-state index contributed by atoms with van der Waals surface area (Å²) in [4.78, 5) is 19.9. The second kappa shape index (κ2) is 28.6. The summed E-state index contributed by atoms with van der Waals surface area (Å²) in [5.74, 6) is 0. The lowest BCUT2D eigenvalue weighted by molar-refractivity contribution is -0.104. The van der Waals surface area contributed by atoms with E-state index in [1.54, 1.807) is 12.2 Å². The van der Waals surface area contributed by atoms with Gasteiger partial charge in [0.05, 0.1) is 0 Å². The Morgan fingerprint density at radius 3 is 1.08 bits per heavy atom. The van der Waals surface area contributed by atoms with Gasteiger partial charge in [-0.1, -0.05) is 103 Å². The van der Waals surface area contributed by atoms with Crippen LogP contribution in [0.2, 0.25) is 0 Å². The summed E-state index contributed by atoms with van der Waals surface area (Å²) in [6.45, 7) is 4.48. The van der Waals surface area contributed by atoms with E-state index < -0.39 is 0 Å². The molecule has 0 aliphatic rings. The van der Waals surface area contributed by atoms with Gasteiger partial charge in [0.25, 0.3) is 0 Å². The van der Waals surface area contributed by atoms with Crippen LogP contribution < -0.4 is 0 Å². The van der Waals surface area contributed by atoms with Crippen molar-refractivity contribution in [1.82, 2.24) is 0 Å². The molecule has 0 atom stereocenters. The molecule has 0 heterocycles. The monoisotopic (exact) mass is 364 g/mol. The molecule has 0 fully saturated rings. The Kier molecular flexibility index (Phi) is 29.8. The van der Waals surface area contributed by atoms with Crippen LogP contribution in [0.3, 0.4) is 0 Å². The van der Waals surface area contributed by atoms with Gasteiger partial charge in [-0.2, -0.15) is 0 Å². The van der Waals surface area contributed by atoms with Gasteiger partial charge in [-0.3, -0.25) is 9.59 Å². The number of hydrogen-bond acceptors (Lipinski definition) is 2. The van der Waals surface area contributed by atoms with Gasteiger partial charge < -0.3 is 0 Å². The SMILES string of the molecule is CCCCCCCCCC=CC=O.CCCCCCCCCC=CC=O. The standard InChI is InChI=1S/2C12H22O/c2*1-2-3-4-5-6-7-8-9-10-11-12-13/h2*10-12H,2-9H2,1H3. The zero-order valence-electron chi connectivity index (χ0n) is 17.6. The molecular weight excluding hydrogens is 320 g/mol. The Labute approximate surface area is 163 Å². The molecule has 152 valence electrons. The molecule has 0 aliphatic heterocycles. The van der Waals surface area contributed by atoms with Crippen molar-refractivity contribution in [2.45, 2.75) is 117 Å². The molecule has 0 N–H and O–H groups in total. The van der Waals surface area contributed by atoms with Gasteiger partial charge in [0, 0.05) is 0 Å². The van der Waals surface area contributed by atoms with E-state index >= 15 is 0 Å². The summed E-state index contributed by atoms with van der Waals surface area (Å²) < 4.78 is 0. The van der Waals surface area contributed by atoms with Crippen molar-refractivity contribution < 1.29 is 9.59 Å². The molecule has 26 heavy (non-hydrogen) atoms. The number of carbonyl (C=O) groups is 2. The minimum atomic E-state index is 0.848. The lowest BCUT2D eigenvalue weighted by atomic mass is 10.1. The molecule has 0 saturated heterocycles. The van der Waals surface area contributed by atoms with E-state index in [2.05, 4.69) is 13.8 Å². The Morgan fingerprint density at radius 2 is 0.769 bits per heavy atom. The maximum absolute atomic E-state index is 9.93.